The first-order valence-electron chi connectivity index (χ1n) is 12.9. The van der Waals surface area contributed by atoms with Gasteiger partial charge in [0.15, 0.2) is 10.9 Å². The third-order valence-corrected chi connectivity index (χ3v) is 6.17. The molecule has 2 amide bonds. The van der Waals surface area contributed by atoms with Crippen LogP contribution in [0.15, 0.2) is 79.1 Å². The van der Waals surface area contributed by atoms with E-state index in [9.17, 15) is 18.0 Å². The van der Waals surface area contributed by atoms with E-state index in [0.717, 1.165) is 35.2 Å². The number of halogens is 3. The van der Waals surface area contributed by atoms with Gasteiger partial charge in [-0.1, -0.05) is 55.8 Å². The number of nitrogens with zero attached hydrogens (tertiary/aromatic N) is 3. The molecule has 12 heteroatoms. The summed E-state index contributed by atoms with van der Waals surface area (Å²) in [4.78, 5) is 16.8. The lowest BCUT2D eigenvalue weighted by molar-refractivity contribution is -0.274. The minimum absolute atomic E-state index is 0.169. The number of anilines is 1. The smallest absolute Gasteiger partial charge is 0.406 e. The number of alkyl halides is 3. The Labute approximate surface area is 240 Å². The van der Waals surface area contributed by atoms with Crippen molar-refractivity contribution in [3.63, 3.8) is 0 Å². The van der Waals surface area contributed by atoms with Crippen LogP contribution in [0.1, 0.15) is 31.4 Å². The molecule has 0 spiro atoms. The molecule has 4 aromatic rings. The first-order chi connectivity index (χ1) is 19.6. The number of aryl methyl sites for hydroxylation is 1. The number of carbonyl (C=O) groups is 1. The fourth-order valence-corrected chi connectivity index (χ4v) is 4.36. The van der Waals surface area contributed by atoms with Crippen molar-refractivity contribution >= 4 is 29.0 Å². The molecule has 0 fully saturated rings. The molecule has 0 aliphatic heterocycles. The number of hydrogen-bond acceptors (Lipinski definition) is 5. The average Bonchev–Trinajstić information content (AvgIpc) is 3.40. The van der Waals surface area contributed by atoms with Crippen LogP contribution in [0.3, 0.4) is 0 Å². The molecule has 0 saturated heterocycles. The van der Waals surface area contributed by atoms with Crippen LogP contribution in [0.2, 0.25) is 0 Å². The van der Waals surface area contributed by atoms with Crippen LogP contribution in [0.25, 0.3) is 17.1 Å². The summed E-state index contributed by atoms with van der Waals surface area (Å²) in [7, 11) is 0. The summed E-state index contributed by atoms with van der Waals surface area (Å²) in [5.41, 5.74) is 4.30. The largest absolute Gasteiger partial charge is 0.573 e. The predicted molar refractivity (Wildman–Crippen MR) is 155 cm³/mol. The van der Waals surface area contributed by atoms with Gasteiger partial charge in [-0.25, -0.2) is 14.5 Å². The Bertz CT molecular complexity index is 1470. The predicted octanol–water partition coefficient (Wildman–Crippen LogP) is 6.41. The molecule has 41 heavy (non-hydrogen) atoms. The van der Waals surface area contributed by atoms with Crippen molar-refractivity contribution in [1.82, 2.24) is 25.4 Å². The first kappa shape index (κ1) is 29.5. The molecule has 1 heterocycles. The highest BCUT2D eigenvalue weighted by Crippen LogP contribution is 2.24. The fourth-order valence-electron chi connectivity index (χ4n) is 4.16. The van der Waals surface area contributed by atoms with Gasteiger partial charge in [0.25, 0.3) is 0 Å². The van der Waals surface area contributed by atoms with E-state index in [-0.39, 0.29) is 16.9 Å². The summed E-state index contributed by atoms with van der Waals surface area (Å²) >= 11 is 5.31. The Kier molecular flexibility index (Phi) is 9.56. The standard InChI is InChI=1S/C29H29F3N6O2S/c1-3-6-21-7-4-5-8-25(21)35-28(41)36-27(39)34-19(2)17-20-9-11-22(12-10-20)26-33-18-38(37-26)23-13-15-24(16-14-23)40-29(30,31)32/h4-5,7-16,18-19H,3,6,17H2,1-2H3,(H3,34,35,36,39,41). The van der Waals surface area contributed by atoms with E-state index in [2.05, 4.69) is 37.7 Å². The van der Waals surface area contributed by atoms with Gasteiger partial charge in [0.2, 0.25) is 0 Å². The number of ether oxygens (including phenoxy) is 1. The summed E-state index contributed by atoms with van der Waals surface area (Å²) in [5, 5.41) is 13.3. The Hall–Kier alpha value is -4.45. The zero-order valence-electron chi connectivity index (χ0n) is 22.4. The first-order valence-corrected chi connectivity index (χ1v) is 13.3. The average molecular weight is 583 g/mol. The van der Waals surface area contributed by atoms with E-state index >= 15 is 0 Å². The Morgan fingerprint density at radius 2 is 1.76 bits per heavy atom. The summed E-state index contributed by atoms with van der Waals surface area (Å²) in [5.74, 6) is 0.144. The molecule has 3 N–H and O–H groups in total. The molecule has 0 bridgehead atoms. The lowest BCUT2D eigenvalue weighted by Gasteiger charge is -2.17. The lowest BCUT2D eigenvalue weighted by Crippen LogP contribution is -2.45. The van der Waals surface area contributed by atoms with Crippen LogP contribution < -0.4 is 20.7 Å². The summed E-state index contributed by atoms with van der Waals surface area (Å²) < 4.78 is 42.5. The minimum atomic E-state index is -4.75. The van der Waals surface area contributed by atoms with Crippen molar-refractivity contribution in [3.8, 4) is 22.8 Å². The summed E-state index contributed by atoms with van der Waals surface area (Å²) in [6.45, 7) is 4.00. The number of aromatic nitrogens is 3. The molecule has 1 atom stereocenters. The van der Waals surface area contributed by atoms with Gasteiger partial charge < -0.3 is 15.4 Å². The highest BCUT2D eigenvalue weighted by atomic mass is 32.1. The zero-order valence-corrected chi connectivity index (χ0v) is 23.2. The number of thiocarbonyl (C=S) groups is 1. The molecule has 0 saturated carbocycles. The van der Waals surface area contributed by atoms with Crippen LogP contribution in [0.5, 0.6) is 5.75 Å². The molecule has 214 valence electrons. The maximum Gasteiger partial charge on any atom is 0.573 e. The quantitative estimate of drug-likeness (QED) is 0.198. The molecular formula is C29H29F3N6O2S. The fraction of sp³-hybridized carbons (Fsp3) is 0.241. The normalized spacial score (nSPS) is 11.9. The van der Waals surface area contributed by atoms with Gasteiger partial charge in [0, 0.05) is 17.3 Å². The van der Waals surface area contributed by atoms with E-state index < -0.39 is 12.4 Å². The van der Waals surface area contributed by atoms with E-state index in [1.54, 1.807) is 0 Å². The van der Waals surface area contributed by atoms with Gasteiger partial charge in [-0.2, -0.15) is 0 Å². The van der Waals surface area contributed by atoms with Crippen molar-refractivity contribution in [1.29, 1.82) is 0 Å². The number of amides is 2. The number of urea groups is 1. The van der Waals surface area contributed by atoms with Gasteiger partial charge in [0.05, 0.1) is 5.69 Å². The molecule has 0 aliphatic rings. The van der Waals surface area contributed by atoms with Crippen LogP contribution in [-0.4, -0.2) is 38.3 Å². The van der Waals surface area contributed by atoms with Crippen LogP contribution in [0, 0.1) is 0 Å². The van der Waals surface area contributed by atoms with Gasteiger partial charge in [0.1, 0.15) is 12.1 Å². The van der Waals surface area contributed by atoms with Crippen molar-refractivity contribution in [2.45, 2.75) is 45.5 Å². The number of carbonyl (C=O) groups excluding carboxylic acids is 1. The second-order valence-electron chi connectivity index (χ2n) is 9.32. The summed E-state index contributed by atoms with van der Waals surface area (Å²) in [6.07, 6.45) is -0.778. The zero-order chi connectivity index (χ0) is 29.4. The van der Waals surface area contributed by atoms with Gasteiger partial charge in [-0.3, -0.25) is 5.32 Å². The SMILES string of the molecule is CCCc1ccccc1NC(=S)NC(=O)NC(C)Cc1ccc(-c2ncn(-c3ccc(OC(F)(F)F)cc3)n2)cc1. The maximum absolute atomic E-state index is 12.5. The Morgan fingerprint density at radius 3 is 2.44 bits per heavy atom. The van der Waals surface area contributed by atoms with Crippen molar-refractivity contribution in [3.05, 3.63) is 90.3 Å². The number of benzene rings is 3. The van der Waals surface area contributed by atoms with E-state index in [1.807, 2.05) is 55.5 Å². The molecule has 4 rings (SSSR count). The van der Waals surface area contributed by atoms with E-state index in [1.165, 1.54) is 35.3 Å². The highest BCUT2D eigenvalue weighted by Gasteiger charge is 2.31. The number of para-hydroxylation sites is 1. The summed E-state index contributed by atoms with van der Waals surface area (Å²) in [6, 6.07) is 20.2. The van der Waals surface area contributed by atoms with Crippen LogP contribution >= 0.6 is 12.2 Å². The van der Waals surface area contributed by atoms with Gasteiger partial charge in [-0.15, -0.1) is 18.3 Å². The second kappa shape index (κ2) is 13.3. The second-order valence-corrected chi connectivity index (χ2v) is 9.72. The molecule has 8 nitrogen and oxygen atoms in total. The van der Waals surface area contributed by atoms with Crippen LogP contribution in [0.4, 0.5) is 23.7 Å². The maximum atomic E-state index is 12.5. The third-order valence-electron chi connectivity index (χ3n) is 5.97. The molecule has 0 radical (unpaired) electrons. The Balaban J connectivity index is 1.28. The molecular weight excluding hydrogens is 553 g/mol. The Morgan fingerprint density at radius 1 is 1.05 bits per heavy atom. The van der Waals surface area contributed by atoms with Gasteiger partial charge in [-0.05, 0) is 73.4 Å². The van der Waals surface area contributed by atoms with Crippen molar-refractivity contribution in [2.24, 2.45) is 0 Å². The van der Waals surface area contributed by atoms with Crippen LogP contribution in [-0.2, 0) is 12.8 Å². The molecule has 3 aromatic carbocycles. The topological polar surface area (TPSA) is 93.1 Å². The van der Waals surface area contributed by atoms with Crippen molar-refractivity contribution < 1.29 is 22.7 Å². The molecule has 1 unspecified atom stereocenters. The van der Waals surface area contributed by atoms with Crippen molar-refractivity contribution in [2.75, 3.05) is 5.32 Å². The molecule has 1 aromatic heterocycles. The monoisotopic (exact) mass is 582 g/mol. The highest BCUT2D eigenvalue weighted by molar-refractivity contribution is 7.80. The third kappa shape index (κ3) is 8.77. The van der Waals surface area contributed by atoms with E-state index in [0.29, 0.717) is 17.9 Å². The van der Waals surface area contributed by atoms with Gasteiger partial charge >= 0.3 is 12.4 Å². The molecule has 0 aliphatic carbocycles. The number of nitrogens with one attached hydrogen (secondary N) is 3. The van der Waals surface area contributed by atoms with E-state index in [4.69, 9.17) is 12.2 Å². The number of rotatable bonds is 9. The lowest BCUT2D eigenvalue weighted by atomic mass is 10.1. The minimum Gasteiger partial charge on any atom is -0.406 e. The number of hydrogen-bond donors (Lipinski definition) is 3.